The van der Waals surface area contributed by atoms with Gasteiger partial charge in [-0.25, -0.2) is 4.39 Å². The number of phenolic OH excluding ortho intramolecular Hbond substituents is 2. The smallest absolute Gasteiger partial charge is 0.169 e. The average molecular weight is 250 g/mol. The van der Waals surface area contributed by atoms with Gasteiger partial charge in [0.1, 0.15) is 10.2 Å². The van der Waals surface area contributed by atoms with Crippen LogP contribution in [0.4, 0.5) is 4.39 Å². The van der Waals surface area contributed by atoms with Gasteiger partial charge < -0.3 is 15.9 Å². The van der Waals surface area contributed by atoms with Gasteiger partial charge >= 0.3 is 0 Å². The van der Waals surface area contributed by atoms with E-state index in [1.807, 2.05) is 0 Å². The first kappa shape index (κ1) is 10.3. The van der Waals surface area contributed by atoms with Crippen LogP contribution >= 0.6 is 15.9 Å². The van der Waals surface area contributed by atoms with Gasteiger partial charge in [-0.05, 0) is 28.9 Å². The minimum Gasteiger partial charge on any atom is -0.506 e. The van der Waals surface area contributed by atoms with E-state index in [1.165, 1.54) is 0 Å². The Balaban J connectivity index is 3.41. The molecule has 0 saturated carbocycles. The molecule has 1 aromatic carbocycles. The Labute approximate surface area is 83.1 Å². The number of benzene rings is 1. The number of halogens is 2. The van der Waals surface area contributed by atoms with Gasteiger partial charge in [-0.2, -0.15) is 0 Å². The van der Waals surface area contributed by atoms with E-state index < -0.39 is 17.6 Å². The van der Waals surface area contributed by atoms with Crippen molar-refractivity contribution in [3.63, 3.8) is 0 Å². The quantitative estimate of drug-likeness (QED) is 0.714. The standard InChI is InChI=1S/C8H9BrFNO2/c1-3(11)4-2-5(10)8(13)6(9)7(4)12/h2-3,12-13H,11H2,1H3. The molecule has 0 spiro atoms. The fraction of sp³-hybridized carbons (Fsp3) is 0.250. The molecule has 4 N–H and O–H groups in total. The van der Waals surface area contributed by atoms with E-state index in [-0.39, 0.29) is 15.8 Å². The highest BCUT2D eigenvalue weighted by Crippen LogP contribution is 2.39. The molecule has 1 atom stereocenters. The van der Waals surface area contributed by atoms with E-state index in [2.05, 4.69) is 15.9 Å². The third-order valence-corrected chi connectivity index (χ3v) is 2.44. The molecule has 1 rings (SSSR count). The predicted octanol–water partition coefficient (Wildman–Crippen LogP) is 2.02. The van der Waals surface area contributed by atoms with Gasteiger partial charge in [0.25, 0.3) is 0 Å². The molecular formula is C8H9BrFNO2. The van der Waals surface area contributed by atoms with Crippen LogP contribution < -0.4 is 5.73 Å². The highest BCUT2D eigenvalue weighted by molar-refractivity contribution is 9.10. The Morgan fingerprint density at radius 2 is 2.00 bits per heavy atom. The fourth-order valence-corrected chi connectivity index (χ4v) is 1.38. The van der Waals surface area contributed by atoms with Crippen LogP contribution in [0.25, 0.3) is 0 Å². The Hall–Kier alpha value is -0.810. The Morgan fingerprint density at radius 1 is 1.46 bits per heavy atom. The molecule has 0 saturated heterocycles. The maximum atomic E-state index is 12.9. The van der Waals surface area contributed by atoms with Crippen molar-refractivity contribution in [1.29, 1.82) is 0 Å². The lowest BCUT2D eigenvalue weighted by Gasteiger charge is -2.11. The molecule has 0 radical (unpaired) electrons. The number of phenols is 2. The first-order chi connectivity index (χ1) is 5.95. The molecule has 0 amide bonds. The van der Waals surface area contributed by atoms with Gasteiger partial charge in [0.2, 0.25) is 0 Å². The van der Waals surface area contributed by atoms with Crippen molar-refractivity contribution in [2.45, 2.75) is 13.0 Å². The lowest BCUT2D eigenvalue weighted by molar-refractivity contribution is 0.408. The van der Waals surface area contributed by atoms with Crippen molar-refractivity contribution >= 4 is 15.9 Å². The molecule has 3 nitrogen and oxygen atoms in total. The second-order valence-corrected chi connectivity index (χ2v) is 3.54. The summed E-state index contributed by atoms with van der Waals surface area (Å²) in [5, 5.41) is 18.5. The highest BCUT2D eigenvalue weighted by Gasteiger charge is 2.17. The molecule has 0 bridgehead atoms. The summed E-state index contributed by atoms with van der Waals surface area (Å²) in [5.74, 6) is -1.65. The zero-order valence-electron chi connectivity index (χ0n) is 6.88. The van der Waals surface area contributed by atoms with E-state index in [0.717, 1.165) is 6.07 Å². The minimum absolute atomic E-state index is 0.0696. The monoisotopic (exact) mass is 249 g/mol. The number of nitrogens with two attached hydrogens (primary N) is 1. The molecule has 0 aliphatic heterocycles. The molecule has 0 fully saturated rings. The summed E-state index contributed by atoms with van der Waals surface area (Å²) in [6.45, 7) is 1.61. The van der Waals surface area contributed by atoms with Gasteiger partial charge in [-0.3, -0.25) is 0 Å². The maximum Gasteiger partial charge on any atom is 0.169 e. The summed E-state index contributed by atoms with van der Waals surface area (Å²) in [4.78, 5) is 0. The van der Waals surface area contributed by atoms with E-state index in [1.54, 1.807) is 6.92 Å². The van der Waals surface area contributed by atoms with Gasteiger partial charge in [-0.15, -0.1) is 0 Å². The van der Waals surface area contributed by atoms with Gasteiger partial charge in [0.05, 0.1) is 0 Å². The van der Waals surface area contributed by atoms with E-state index in [4.69, 9.17) is 10.8 Å². The largest absolute Gasteiger partial charge is 0.506 e. The molecule has 0 aromatic heterocycles. The molecule has 0 heterocycles. The van der Waals surface area contributed by atoms with Gasteiger partial charge in [0, 0.05) is 11.6 Å². The number of hydrogen-bond acceptors (Lipinski definition) is 3. The van der Waals surface area contributed by atoms with Crippen molar-refractivity contribution in [3.8, 4) is 11.5 Å². The van der Waals surface area contributed by atoms with Crippen LogP contribution in [0.2, 0.25) is 0 Å². The van der Waals surface area contributed by atoms with E-state index in [0.29, 0.717) is 0 Å². The summed E-state index contributed by atoms with van der Waals surface area (Å²) >= 11 is 2.85. The molecule has 0 aliphatic carbocycles. The number of hydrogen-bond donors (Lipinski definition) is 3. The summed E-state index contributed by atoms with van der Waals surface area (Å²) in [7, 11) is 0. The van der Waals surface area contributed by atoms with E-state index in [9.17, 15) is 9.50 Å². The molecule has 1 aromatic rings. The van der Waals surface area contributed by atoms with Crippen molar-refractivity contribution in [2.75, 3.05) is 0 Å². The van der Waals surface area contributed by atoms with Crippen molar-refractivity contribution in [3.05, 3.63) is 21.9 Å². The van der Waals surface area contributed by atoms with Gasteiger partial charge in [-0.1, -0.05) is 0 Å². The number of rotatable bonds is 1. The molecular weight excluding hydrogens is 241 g/mol. The lowest BCUT2D eigenvalue weighted by atomic mass is 10.1. The van der Waals surface area contributed by atoms with Crippen LogP contribution in [0, 0.1) is 5.82 Å². The fourth-order valence-electron chi connectivity index (χ4n) is 0.964. The first-order valence-corrected chi connectivity index (χ1v) is 4.39. The predicted molar refractivity (Wildman–Crippen MR) is 50.0 cm³/mol. The third-order valence-electron chi connectivity index (χ3n) is 1.69. The maximum absolute atomic E-state index is 12.9. The Morgan fingerprint density at radius 3 is 2.46 bits per heavy atom. The van der Waals surface area contributed by atoms with Crippen molar-refractivity contribution in [1.82, 2.24) is 0 Å². The highest BCUT2D eigenvalue weighted by atomic mass is 79.9. The molecule has 72 valence electrons. The normalized spacial score (nSPS) is 12.9. The number of aromatic hydroxyl groups is 2. The van der Waals surface area contributed by atoms with Crippen molar-refractivity contribution < 1.29 is 14.6 Å². The van der Waals surface area contributed by atoms with Crippen LogP contribution in [0.15, 0.2) is 10.5 Å². The topological polar surface area (TPSA) is 66.5 Å². The van der Waals surface area contributed by atoms with Gasteiger partial charge in [0.15, 0.2) is 11.6 Å². The van der Waals surface area contributed by atoms with E-state index >= 15 is 0 Å². The average Bonchev–Trinajstić information content (AvgIpc) is 2.07. The Bertz CT molecular complexity index is 341. The summed E-state index contributed by atoms with van der Waals surface area (Å²) in [5.41, 5.74) is 5.73. The second kappa shape index (κ2) is 3.51. The molecule has 5 heteroatoms. The molecule has 1 unspecified atom stereocenters. The minimum atomic E-state index is -0.808. The van der Waals surface area contributed by atoms with Crippen LogP contribution in [-0.2, 0) is 0 Å². The summed E-state index contributed by atoms with van der Waals surface area (Å²) in [6, 6.07) is 0.520. The SMILES string of the molecule is CC(N)c1cc(F)c(O)c(Br)c1O. The first-order valence-electron chi connectivity index (χ1n) is 3.60. The summed E-state index contributed by atoms with van der Waals surface area (Å²) in [6.07, 6.45) is 0. The molecule has 0 aliphatic rings. The van der Waals surface area contributed by atoms with Crippen LogP contribution in [0.3, 0.4) is 0 Å². The second-order valence-electron chi connectivity index (χ2n) is 2.75. The van der Waals surface area contributed by atoms with Crippen LogP contribution in [-0.4, -0.2) is 10.2 Å². The van der Waals surface area contributed by atoms with Crippen molar-refractivity contribution in [2.24, 2.45) is 5.73 Å². The lowest BCUT2D eigenvalue weighted by Crippen LogP contribution is -2.06. The molecule has 13 heavy (non-hydrogen) atoms. The third kappa shape index (κ3) is 1.76. The zero-order chi connectivity index (χ0) is 10.2. The van der Waals surface area contributed by atoms with Crippen LogP contribution in [0.1, 0.15) is 18.5 Å². The zero-order valence-corrected chi connectivity index (χ0v) is 8.47. The van der Waals surface area contributed by atoms with Crippen LogP contribution in [0.5, 0.6) is 11.5 Å². The summed E-state index contributed by atoms with van der Waals surface area (Å²) < 4.78 is 12.9. The Kier molecular flexibility index (Phi) is 2.77.